The van der Waals surface area contributed by atoms with Gasteiger partial charge in [-0.3, -0.25) is 19.3 Å². The Morgan fingerprint density at radius 2 is 1.84 bits per heavy atom. The number of likely N-dealkylation sites (tertiary alicyclic amines) is 1. The van der Waals surface area contributed by atoms with Gasteiger partial charge in [-0.05, 0) is 24.1 Å². The molecular weight excluding hydrogens is 364 g/mol. The molecule has 1 aromatic rings. The van der Waals surface area contributed by atoms with Gasteiger partial charge in [0.25, 0.3) is 5.24 Å². The molecule has 0 unspecified atom stereocenters. The number of benzene rings is 1. The molecule has 2 saturated heterocycles. The minimum absolute atomic E-state index is 0.0322. The number of rotatable bonds is 5. The van der Waals surface area contributed by atoms with Gasteiger partial charge in [0.2, 0.25) is 11.8 Å². The first-order valence-electron chi connectivity index (χ1n) is 7.81. The van der Waals surface area contributed by atoms with Gasteiger partial charge in [-0.2, -0.15) is 0 Å². The lowest BCUT2D eigenvalue weighted by molar-refractivity contribution is -0.142. The van der Waals surface area contributed by atoms with E-state index in [1.807, 2.05) is 0 Å². The third kappa shape index (κ3) is 3.87. The summed E-state index contributed by atoms with van der Waals surface area (Å²) in [4.78, 5) is 38.6. The molecule has 2 aliphatic heterocycles. The molecule has 0 bridgehead atoms. The summed E-state index contributed by atoms with van der Waals surface area (Å²) in [5.74, 6) is -0.0273. The molecule has 3 amide bonds. The largest absolute Gasteiger partial charge is 0.338 e. The van der Waals surface area contributed by atoms with Crippen LogP contribution in [0.4, 0.5) is 4.79 Å². The van der Waals surface area contributed by atoms with Crippen LogP contribution >= 0.6 is 11.8 Å². The van der Waals surface area contributed by atoms with Crippen molar-refractivity contribution < 1.29 is 22.8 Å². The number of hydrogen-bond donors (Lipinski definition) is 0. The molecule has 2 aliphatic rings. The van der Waals surface area contributed by atoms with Gasteiger partial charge < -0.3 is 4.90 Å². The molecule has 1 aromatic carbocycles. The van der Waals surface area contributed by atoms with Crippen molar-refractivity contribution in [2.24, 2.45) is 0 Å². The van der Waals surface area contributed by atoms with Gasteiger partial charge in [0.1, 0.15) is 0 Å². The lowest BCUT2D eigenvalue weighted by Crippen LogP contribution is -2.62. The van der Waals surface area contributed by atoms with E-state index in [0.29, 0.717) is 25.9 Å². The summed E-state index contributed by atoms with van der Waals surface area (Å²) in [6.07, 6.45) is 1.98. The lowest BCUT2D eigenvalue weighted by Gasteiger charge is -2.42. The standard InChI is InChI=1S/C16H18N2O5S2/c1-25(22,23)13-5-2-11(3-6-13)4-7-14(19)17-8-12(9-17)18-15(20)10-24-16(18)21/h2-3,5-6,12H,4,7-10H2,1H3. The van der Waals surface area contributed by atoms with E-state index in [1.54, 1.807) is 17.0 Å². The summed E-state index contributed by atoms with van der Waals surface area (Å²) in [6, 6.07) is 6.30. The maximum atomic E-state index is 12.2. The zero-order valence-corrected chi connectivity index (χ0v) is 15.3. The van der Waals surface area contributed by atoms with Crippen molar-refractivity contribution in [1.82, 2.24) is 9.80 Å². The van der Waals surface area contributed by atoms with Crippen LogP contribution in [-0.4, -0.2) is 66.4 Å². The number of sulfone groups is 1. The molecule has 0 N–H and O–H groups in total. The zero-order valence-electron chi connectivity index (χ0n) is 13.7. The highest BCUT2D eigenvalue weighted by Crippen LogP contribution is 2.26. The van der Waals surface area contributed by atoms with Crippen molar-refractivity contribution in [2.45, 2.75) is 23.8 Å². The van der Waals surface area contributed by atoms with Crippen LogP contribution < -0.4 is 0 Å². The molecule has 0 aromatic heterocycles. The number of imide groups is 1. The number of aryl methyl sites for hydroxylation is 1. The van der Waals surface area contributed by atoms with Crippen molar-refractivity contribution in [2.75, 3.05) is 25.1 Å². The normalized spacial score (nSPS) is 18.6. The first kappa shape index (κ1) is 17.9. The summed E-state index contributed by atoms with van der Waals surface area (Å²) in [7, 11) is -3.22. The predicted octanol–water partition coefficient (Wildman–Crippen LogP) is 0.929. The van der Waals surface area contributed by atoms with Gasteiger partial charge in [0, 0.05) is 25.8 Å². The zero-order chi connectivity index (χ0) is 18.2. The van der Waals surface area contributed by atoms with Crippen LogP contribution in [0.2, 0.25) is 0 Å². The van der Waals surface area contributed by atoms with Gasteiger partial charge >= 0.3 is 0 Å². The average Bonchev–Trinajstić information content (AvgIpc) is 2.83. The van der Waals surface area contributed by atoms with Crippen molar-refractivity contribution in [1.29, 1.82) is 0 Å². The van der Waals surface area contributed by atoms with Crippen LogP contribution in [0.5, 0.6) is 0 Å². The maximum Gasteiger partial charge on any atom is 0.289 e. The van der Waals surface area contributed by atoms with E-state index in [9.17, 15) is 22.8 Å². The van der Waals surface area contributed by atoms with Gasteiger partial charge in [0.05, 0.1) is 16.7 Å². The topological polar surface area (TPSA) is 91.8 Å². The number of amides is 3. The molecule has 2 heterocycles. The summed E-state index contributed by atoms with van der Waals surface area (Å²) in [5.41, 5.74) is 0.888. The van der Waals surface area contributed by atoms with Crippen LogP contribution in [0.15, 0.2) is 29.2 Å². The monoisotopic (exact) mass is 382 g/mol. The second-order valence-electron chi connectivity index (χ2n) is 6.19. The Kier molecular flexibility index (Phi) is 4.88. The molecule has 134 valence electrons. The van der Waals surface area contributed by atoms with Crippen LogP contribution in [0, 0.1) is 0 Å². The molecule has 0 radical (unpaired) electrons. The summed E-state index contributed by atoms with van der Waals surface area (Å²) >= 11 is 1.00. The number of carbonyl (C=O) groups is 3. The van der Waals surface area contributed by atoms with Crippen LogP contribution in [0.25, 0.3) is 0 Å². The highest BCUT2D eigenvalue weighted by Gasteiger charge is 2.43. The van der Waals surface area contributed by atoms with E-state index >= 15 is 0 Å². The van der Waals surface area contributed by atoms with Crippen LogP contribution in [0.1, 0.15) is 12.0 Å². The average molecular weight is 382 g/mol. The van der Waals surface area contributed by atoms with Gasteiger partial charge in [-0.1, -0.05) is 23.9 Å². The maximum absolute atomic E-state index is 12.2. The molecule has 2 fully saturated rings. The Hall–Kier alpha value is -1.87. The molecule has 0 spiro atoms. The molecular formula is C16H18N2O5S2. The minimum atomic E-state index is -3.22. The highest BCUT2D eigenvalue weighted by atomic mass is 32.2. The van der Waals surface area contributed by atoms with Crippen molar-refractivity contribution >= 4 is 38.7 Å². The molecule has 0 atom stereocenters. The molecule has 3 rings (SSSR count). The van der Waals surface area contributed by atoms with Crippen molar-refractivity contribution in [3.63, 3.8) is 0 Å². The third-order valence-corrected chi connectivity index (χ3v) is 6.31. The minimum Gasteiger partial charge on any atom is -0.338 e. The summed E-state index contributed by atoms with van der Waals surface area (Å²) < 4.78 is 22.8. The van der Waals surface area contributed by atoms with E-state index < -0.39 is 9.84 Å². The molecule has 9 heteroatoms. The van der Waals surface area contributed by atoms with E-state index in [2.05, 4.69) is 0 Å². The van der Waals surface area contributed by atoms with Crippen LogP contribution in [-0.2, 0) is 25.8 Å². The molecule has 0 saturated carbocycles. The summed E-state index contributed by atoms with van der Waals surface area (Å²) in [5, 5.41) is -0.229. The highest BCUT2D eigenvalue weighted by molar-refractivity contribution is 8.14. The Morgan fingerprint density at radius 1 is 1.20 bits per heavy atom. The van der Waals surface area contributed by atoms with E-state index in [0.717, 1.165) is 23.6 Å². The Morgan fingerprint density at radius 3 is 2.36 bits per heavy atom. The number of thioether (sulfide) groups is 1. The molecule has 0 aliphatic carbocycles. The summed E-state index contributed by atoms with van der Waals surface area (Å²) in [6.45, 7) is 0.785. The molecule has 7 nitrogen and oxygen atoms in total. The number of nitrogens with zero attached hydrogens (tertiary/aromatic N) is 2. The fraction of sp³-hybridized carbons (Fsp3) is 0.438. The first-order chi connectivity index (χ1) is 11.8. The van der Waals surface area contributed by atoms with E-state index in [-0.39, 0.29) is 33.7 Å². The third-order valence-electron chi connectivity index (χ3n) is 4.34. The Bertz CT molecular complexity index is 797. The van der Waals surface area contributed by atoms with Crippen LogP contribution in [0.3, 0.4) is 0 Å². The fourth-order valence-corrected chi connectivity index (χ4v) is 4.26. The van der Waals surface area contributed by atoms with Gasteiger partial charge in [-0.25, -0.2) is 8.42 Å². The second-order valence-corrected chi connectivity index (χ2v) is 9.13. The number of carbonyl (C=O) groups excluding carboxylic acids is 3. The first-order valence-corrected chi connectivity index (χ1v) is 10.7. The predicted molar refractivity (Wildman–Crippen MR) is 92.9 cm³/mol. The van der Waals surface area contributed by atoms with Gasteiger partial charge in [-0.15, -0.1) is 0 Å². The smallest absolute Gasteiger partial charge is 0.289 e. The second kappa shape index (κ2) is 6.80. The quantitative estimate of drug-likeness (QED) is 0.752. The van der Waals surface area contributed by atoms with Crippen molar-refractivity contribution in [3.8, 4) is 0 Å². The van der Waals surface area contributed by atoms with E-state index in [4.69, 9.17) is 0 Å². The lowest BCUT2D eigenvalue weighted by atomic mass is 10.0. The van der Waals surface area contributed by atoms with Crippen molar-refractivity contribution in [3.05, 3.63) is 29.8 Å². The molecule has 25 heavy (non-hydrogen) atoms. The Balaban J connectivity index is 1.48. The van der Waals surface area contributed by atoms with Gasteiger partial charge in [0.15, 0.2) is 9.84 Å². The number of hydrogen-bond acceptors (Lipinski definition) is 6. The fourth-order valence-electron chi connectivity index (χ4n) is 2.85. The van der Waals surface area contributed by atoms with E-state index in [1.165, 1.54) is 17.0 Å². The Labute approximate surface area is 150 Å². The SMILES string of the molecule is CS(=O)(=O)c1ccc(CCC(=O)N2CC(N3C(=O)CSC3=O)C2)cc1.